The molecule has 1 aromatic rings. The van der Waals surface area contributed by atoms with E-state index in [1.54, 1.807) is 0 Å². The maximum atomic E-state index is 5.36. The van der Waals surface area contributed by atoms with Gasteiger partial charge in [-0.2, -0.15) is 0 Å². The summed E-state index contributed by atoms with van der Waals surface area (Å²) in [6.45, 7) is 7.70. The Hall–Kier alpha value is -0.980. The van der Waals surface area contributed by atoms with Crippen molar-refractivity contribution in [1.29, 1.82) is 0 Å². The molecule has 0 spiro atoms. The Morgan fingerprint density at radius 1 is 1.27 bits per heavy atom. The molecule has 11 heavy (non-hydrogen) atoms. The molecule has 0 saturated carbocycles. The predicted molar refractivity (Wildman–Crippen MR) is 46.6 cm³/mol. The fourth-order valence-corrected chi connectivity index (χ4v) is 0.849. The maximum absolute atomic E-state index is 5.36. The highest BCUT2D eigenvalue weighted by molar-refractivity contribution is 5.26. The van der Waals surface area contributed by atoms with Crippen molar-refractivity contribution in [1.82, 2.24) is 0 Å². The lowest BCUT2D eigenvalue weighted by atomic mass is 10.2. The van der Waals surface area contributed by atoms with Gasteiger partial charge in [-0.15, -0.1) is 0 Å². The van der Waals surface area contributed by atoms with Crippen LogP contribution in [0.3, 0.4) is 0 Å². The van der Waals surface area contributed by atoms with Gasteiger partial charge >= 0.3 is 0 Å². The minimum absolute atomic E-state index is 0.0118. The van der Waals surface area contributed by atoms with Crippen molar-refractivity contribution in [3.05, 3.63) is 36.8 Å². The normalized spacial score (nSPS) is 10.2. The van der Waals surface area contributed by atoms with E-state index in [-0.39, 0.29) is 6.10 Å². The fraction of sp³-hybridized carbons (Fsp3) is 0.300. The van der Waals surface area contributed by atoms with Gasteiger partial charge in [0, 0.05) is 0 Å². The molecule has 0 aliphatic carbocycles. The third-order valence-electron chi connectivity index (χ3n) is 1.36. The van der Waals surface area contributed by atoms with E-state index in [2.05, 4.69) is 13.8 Å². The van der Waals surface area contributed by atoms with E-state index in [1.807, 2.05) is 31.2 Å². The van der Waals surface area contributed by atoms with E-state index in [9.17, 15) is 0 Å². The molecule has 1 aromatic carbocycles. The van der Waals surface area contributed by atoms with Gasteiger partial charge in [-0.3, -0.25) is 0 Å². The summed E-state index contributed by atoms with van der Waals surface area (Å²) < 4.78 is 5.36. The summed E-state index contributed by atoms with van der Waals surface area (Å²) in [6, 6.07) is 7.96. The zero-order valence-corrected chi connectivity index (χ0v) is 7.00. The van der Waals surface area contributed by atoms with Crippen LogP contribution in [0.15, 0.2) is 24.3 Å². The van der Waals surface area contributed by atoms with Crippen molar-refractivity contribution in [2.75, 3.05) is 0 Å². The molecular weight excluding hydrogens is 136 g/mol. The zero-order valence-electron chi connectivity index (χ0n) is 7.00. The first-order chi connectivity index (χ1) is 5.18. The Kier molecular flexibility index (Phi) is 2.53. The molecule has 1 rings (SSSR count). The molecule has 0 aromatic heterocycles. The topological polar surface area (TPSA) is 9.23 Å². The highest BCUT2D eigenvalue weighted by atomic mass is 16.5. The van der Waals surface area contributed by atoms with Crippen LogP contribution in [0.2, 0.25) is 0 Å². The first kappa shape index (κ1) is 8.12. The van der Waals surface area contributed by atoms with Crippen LogP contribution in [0.25, 0.3) is 0 Å². The summed E-state index contributed by atoms with van der Waals surface area (Å²) in [6.07, 6.45) is 0.0118. The van der Waals surface area contributed by atoms with Crippen molar-refractivity contribution < 1.29 is 4.74 Å². The molecule has 0 amide bonds. The molecule has 0 saturated heterocycles. The van der Waals surface area contributed by atoms with Crippen molar-refractivity contribution in [2.45, 2.75) is 20.0 Å². The molecule has 1 heteroatoms. The molecule has 1 radical (unpaired) electrons. The lowest BCUT2D eigenvalue weighted by Crippen LogP contribution is -2.05. The second kappa shape index (κ2) is 3.42. The van der Waals surface area contributed by atoms with E-state index < -0.39 is 0 Å². The van der Waals surface area contributed by atoms with E-state index in [0.717, 1.165) is 5.75 Å². The van der Waals surface area contributed by atoms with Gasteiger partial charge in [0.25, 0.3) is 0 Å². The van der Waals surface area contributed by atoms with Gasteiger partial charge in [0.2, 0.25) is 0 Å². The van der Waals surface area contributed by atoms with Crippen LogP contribution in [-0.2, 0) is 0 Å². The summed E-state index contributed by atoms with van der Waals surface area (Å²) in [5.41, 5.74) is 1.24. The van der Waals surface area contributed by atoms with Crippen LogP contribution >= 0.6 is 0 Å². The smallest absolute Gasteiger partial charge is 0.119 e. The first-order valence-electron chi connectivity index (χ1n) is 3.75. The Morgan fingerprint density at radius 3 is 2.27 bits per heavy atom. The van der Waals surface area contributed by atoms with Crippen LogP contribution < -0.4 is 4.74 Å². The monoisotopic (exact) mass is 149 g/mol. The summed E-state index contributed by atoms with van der Waals surface area (Å²) in [5.74, 6) is 0.887. The van der Waals surface area contributed by atoms with Crippen molar-refractivity contribution >= 4 is 0 Å². The second-order valence-corrected chi connectivity index (χ2v) is 2.74. The summed E-state index contributed by atoms with van der Waals surface area (Å²) in [4.78, 5) is 0. The third-order valence-corrected chi connectivity index (χ3v) is 1.36. The Balaban J connectivity index is 2.66. The van der Waals surface area contributed by atoms with Crippen molar-refractivity contribution in [3.8, 4) is 5.75 Å². The van der Waals surface area contributed by atoms with E-state index in [1.165, 1.54) is 5.56 Å². The van der Waals surface area contributed by atoms with Gasteiger partial charge < -0.3 is 4.74 Å². The first-order valence-corrected chi connectivity index (χ1v) is 3.75. The van der Waals surface area contributed by atoms with Crippen LogP contribution in [0.5, 0.6) is 5.75 Å². The van der Waals surface area contributed by atoms with Crippen molar-refractivity contribution in [3.63, 3.8) is 0 Å². The Morgan fingerprint density at radius 2 is 1.82 bits per heavy atom. The number of aryl methyl sites for hydroxylation is 1. The van der Waals surface area contributed by atoms with Gasteiger partial charge in [0.1, 0.15) is 5.75 Å². The molecule has 0 N–H and O–H groups in total. The van der Waals surface area contributed by atoms with E-state index in [0.29, 0.717) is 0 Å². The Bertz CT molecular complexity index is 211. The minimum Gasteiger partial charge on any atom is -0.491 e. The SMILES string of the molecule is [CH2]C(C)Oc1ccc(C)cc1. The molecule has 0 heterocycles. The Labute approximate surface area is 68.0 Å². The lowest BCUT2D eigenvalue weighted by molar-refractivity contribution is 0.267. The van der Waals surface area contributed by atoms with Crippen molar-refractivity contribution in [2.24, 2.45) is 0 Å². The summed E-state index contributed by atoms with van der Waals surface area (Å²) in [7, 11) is 0. The van der Waals surface area contributed by atoms with Crippen LogP contribution in [0.1, 0.15) is 12.5 Å². The molecule has 0 aliphatic heterocycles. The number of hydrogen-bond donors (Lipinski definition) is 0. The minimum atomic E-state index is 0.0118. The quantitative estimate of drug-likeness (QED) is 0.628. The molecule has 0 bridgehead atoms. The zero-order chi connectivity index (χ0) is 8.27. The molecule has 0 fully saturated rings. The molecule has 1 atom stereocenters. The predicted octanol–water partition coefficient (Wildman–Crippen LogP) is 2.60. The van der Waals surface area contributed by atoms with E-state index in [4.69, 9.17) is 4.74 Å². The number of rotatable bonds is 2. The average Bonchev–Trinajstić information content (AvgIpc) is 1.93. The lowest BCUT2D eigenvalue weighted by Gasteiger charge is -2.08. The molecule has 1 nitrogen and oxygen atoms in total. The fourth-order valence-electron chi connectivity index (χ4n) is 0.849. The van der Waals surface area contributed by atoms with Crippen LogP contribution in [0.4, 0.5) is 0 Å². The van der Waals surface area contributed by atoms with Crippen LogP contribution in [0, 0.1) is 13.8 Å². The van der Waals surface area contributed by atoms with Gasteiger partial charge in [0.05, 0.1) is 6.10 Å². The molecule has 59 valence electrons. The standard InChI is InChI=1S/C10H13O/c1-8(2)11-10-6-4-9(3)5-7-10/h4-8H,1H2,2-3H3. The van der Waals surface area contributed by atoms with Gasteiger partial charge in [-0.25, -0.2) is 0 Å². The molecular formula is C10H13O. The molecule has 0 aliphatic rings. The second-order valence-electron chi connectivity index (χ2n) is 2.74. The van der Waals surface area contributed by atoms with Gasteiger partial charge in [-0.05, 0) is 32.9 Å². The van der Waals surface area contributed by atoms with Crippen LogP contribution in [-0.4, -0.2) is 6.10 Å². The molecule has 1 unspecified atom stereocenters. The highest BCUT2D eigenvalue weighted by Gasteiger charge is 1.94. The summed E-state index contributed by atoms with van der Waals surface area (Å²) in [5, 5.41) is 0. The summed E-state index contributed by atoms with van der Waals surface area (Å²) >= 11 is 0. The maximum Gasteiger partial charge on any atom is 0.119 e. The number of ether oxygens (including phenoxy) is 1. The number of hydrogen-bond acceptors (Lipinski definition) is 1. The van der Waals surface area contributed by atoms with Gasteiger partial charge in [0.15, 0.2) is 0 Å². The largest absolute Gasteiger partial charge is 0.491 e. The highest BCUT2D eigenvalue weighted by Crippen LogP contribution is 2.12. The third kappa shape index (κ3) is 2.62. The van der Waals surface area contributed by atoms with E-state index >= 15 is 0 Å². The average molecular weight is 149 g/mol. The number of benzene rings is 1. The van der Waals surface area contributed by atoms with Gasteiger partial charge in [-0.1, -0.05) is 17.7 Å².